The SMILES string of the molecule is CCCCCCCCCCCCC(=O)N1CCCC[C@@H]1CNC(=O)C(N)CCCCN. The molecule has 6 nitrogen and oxygen atoms in total. The molecule has 182 valence electrons. The van der Waals surface area contributed by atoms with E-state index in [1.165, 1.54) is 51.4 Å². The van der Waals surface area contributed by atoms with Crippen molar-refractivity contribution in [3.8, 4) is 0 Å². The molecule has 1 fully saturated rings. The molecule has 1 aliphatic heterocycles. The van der Waals surface area contributed by atoms with E-state index in [4.69, 9.17) is 11.5 Å². The molecule has 0 aromatic heterocycles. The third kappa shape index (κ3) is 13.1. The molecule has 2 atom stereocenters. The van der Waals surface area contributed by atoms with E-state index in [2.05, 4.69) is 12.2 Å². The van der Waals surface area contributed by atoms with Crippen molar-refractivity contribution in [2.75, 3.05) is 19.6 Å². The molecule has 1 saturated heterocycles. The molecule has 0 spiro atoms. The number of nitrogens with one attached hydrogen (secondary N) is 1. The van der Waals surface area contributed by atoms with Gasteiger partial charge < -0.3 is 21.7 Å². The van der Waals surface area contributed by atoms with Crippen molar-refractivity contribution in [3.63, 3.8) is 0 Å². The maximum absolute atomic E-state index is 12.8. The predicted octanol–water partition coefficient (Wildman–Crippen LogP) is 4.25. The number of nitrogens with two attached hydrogens (primary N) is 2. The van der Waals surface area contributed by atoms with Crippen LogP contribution in [0.3, 0.4) is 0 Å². The molecule has 0 saturated carbocycles. The molecule has 1 unspecified atom stereocenters. The van der Waals surface area contributed by atoms with Crippen LogP contribution in [0.15, 0.2) is 0 Å². The van der Waals surface area contributed by atoms with Gasteiger partial charge in [-0.2, -0.15) is 0 Å². The standard InChI is InChI=1S/C25H50N4O2/c1-2-3-4-5-6-7-8-9-10-11-18-24(30)29-20-15-13-16-22(29)21-28-25(31)23(27)17-12-14-19-26/h22-23H,2-21,26-27H2,1H3,(H,28,31)/t22-,23?/m1/s1. The quantitative estimate of drug-likeness (QED) is 0.278. The summed E-state index contributed by atoms with van der Waals surface area (Å²) >= 11 is 0. The van der Waals surface area contributed by atoms with E-state index in [9.17, 15) is 9.59 Å². The zero-order chi connectivity index (χ0) is 22.7. The molecule has 0 aliphatic carbocycles. The Morgan fingerprint density at radius 1 is 0.935 bits per heavy atom. The van der Waals surface area contributed by atoms with Crippen molar-refractivity contribution in [3.05, 3.63) is 0 Å². The van der Waals surface area contributed by atoms with Crippen molar-refractivity contribution in [1.29, 1.82) is 0 Å². The minimum atomic E-state index is -0.481. The number of amides is 2. The summed E-state index contributed by atoms with van der Waals surface area (Å²) in [5, 5.41) is 2.98. The number of unbranched alkanes of at least 4 members (excludes halogenated alkanes) is 10. The Bertz CT molecular complexity index is 472. The van der Waals surface area contributed by atoms with Crippen LogP contribution in [0.5, 0.6) is 0 Å². The number of likely N-dealkylation sites (tertiary alicyclic amines) is 1. The molecule has 6 heteroatoms. The Morgan fingerprint density at radius 2 is 1.58 bits per heavy atom. The predicted molar refractivity (Wildman–Crippen MR) is 130 cm³/mol. The zero-order valence-corrected chi connectivity index (χ0v) is 20.2. The van der Waals surface area contributed by atoms with Gasteiger partial charge in [-0.15, -0.1) is 0 Å². The lowest BCUT2D eigenvalue weighted by Gasteiger charge is -2.36. The van der Waals surface area contributed by atoms with Crippen LogP contribution in [0.4, 0.5) is 0 Å². The first-order valence-corrected chi connectivity index (χ1v) is 13.1. The van der Waals surface area contributed by atoms with Crippen LogP contribution in [0.2, 0.25) is 0 Å². The fourth-order valence-corrected chi connectivity index (χ4v) is 4.44. The number of carbonyl (C=O) groups is 2. The lowest BCUT2D eigenvalue weighted by atomic mass is 10.0. The first kappa shape index (κ1) is 27.9. The van der Waals surface area contributed by atoms with Crippen molar-refractivity contribution < 1.29 is 9.59 Å². The van der Waals surface area contributed by atoms with E-state index in [0.717, 1.165) is 51.5 Å². The van der Waals surface area contributed by atoms with Crippen molar-refractivity contribution in [1.82, 2.24) is 10.2 Å². The van der Waals surface area contributed by atoms with E-state index in [1.54, 1.807) is 0 Å². The van der Waals surface area contributed by atoms with E-state index in [1.807, 2.05) is 4.90 Å². The van der Waals surface area contributed by atoms with Crippen LogP contribution in [0, 0.1) is 0 Å². The molecule has 0 bridgehead atoms. The highest BCUT2D eigenvalue weighted by atomic mass is 16.2. The minimum absolute atomic E-state index is 0.107. The van der Waals surface area contributed by atoms with Gasteiger partial charge in [-0.25, -0.2) is 0 Å². The highest BCUT2D eigenvalue weighted by Gasteiger charge is 2.27. The fourth-order valence-electron chi connectivity index (χ4n) is 4.44. The fraction of sp³-hybridized carbons (Fsp3) is 0.920. The van der Waals surface area contributed by atoms with Gasteiger partial charge in [0.05, 0.1) is 6.04 Å². The Balaban J connectivity index is 2.20. The van der Waals surface area contributed by atoms with E-state index < -0.39 is 6.04 Å². The van der Waals surface area contributed by atoms with Crippen molar-refractivity contribution in [2.45, 2.75) is 128 Å². The molecule has 0 radical (unpaired) electrons. The number of rotatable bonds is 18. The highest BCUT2D eigenvalue weighted by molar-refractivity contribution is 5.81. The normalized spacial score (nSPS) is 17.5. The van der Waals surface area contributed by atoms with Gasteiger partial charge in [0.1, 0.15) is 0 Å². The molecule has 1 aliphatic rings. The highest BCUT2D eigenvalue weighted by Crippen LogP contribution is 2.19. The summed E-state index contributed by atoms with van der Waals surface area (Å²) in [5.41, 5.74) is 11.5. The van der Waals surface area contributed by atoms with Gasteiger partial charge in [0.15, 0.2) is 0 Å². The van der Waals surface area contributed by atoms with Gasteiger partial charge in [0.2, 0.25) is 11.8 Å². The summed E-state index contributed by atoms with van der Waals surface area (Å²) in [5.74, 6) is 0.149. The first-order chi connectivity index (χ1) is 15.1. The van der Waals surface area contributed by atoms with E-state index in [-0.39, 0.29) is 17.9 Å². The van der Waals surface area contributed by atoms with Gasteiger partial charge >= 0.3 is 0 Å². The summed E-state index contributed by atoms with van der Waals surface area (Å²) in [7, 11) is 0. The number of piperidine rings is 1. The topological polar surface area (TPSA) is 101 Å². The summed E-state index contributed by atoms with van der Waals surface area (Å²) in [4.78, 5) is 27.0. The second-order valence-electron chi connectivity index (χ2n) is 9.30. The van der Waals surface area contributed by atoms with Crippen molar-refractivity contribution >= 4 is 11.8 Å². The Hall–Kier alpha value is -1.14. The summed E-state index contributed by atoms with van der Waals surface area (Å²) < 4.78 is 0. The summed E-state index contributed by atoms with van der Waals surface area (Å²) in [6.07, 6.45) is 19.0. The molecule has 1 rings (SSSR count). The largest absolute Gasteiger partial charge is 0.353 e. The lowest BCUT2D eigenvalue weighted by molar-refractivity contribution is -0.135. The van der Waals surface area contributed by atoms with Gasteiger partial charge in [0, 0.05) is 25.6 Å². The maximum atomic E-state index is 12.8. The Morgan fingerprint density at radius 3 is 2.23 bits per heavy atom. The van der Waals surface area contributed by atoms with Crippen LogP contribution in [0.25, 0.3) is 0 Å². The second-order valence-corrected chi connectivity index (χ2v) is 9.30. The van der Waals surface area contributed by atoms with Crippen LogP contribution < -0.4 is 16.8 Å². The zero-order valence-electron chi connectivity index (χ0n) is 20.2. The average molecular weight is 439 g/mol. The number of nitrogens with zero attached hydrogens (tertiary/aromatic N) is 1. The third-order valence-electron chi connectivity index (χ3n) is 6.51. The number of carbonyl (C=O) groups excluding carboxylic acids is 2. The maximum Gasteiger partial charge on any atom is 0.236 e. The molecule has 31 heavy (non-hydrogen) atoms. The van der Waals surface area contributed by atoms with Crippen LogP contribution in [-0.4, -0.2) is 48.4 Å². The van der Waals surface area contributed by atoms with E-state index >= 15 is 0 Å². The monoisotopic (exact) mass is 438 g/mol. The summed E-state index contributed by atoms with van der Waals surface area (Å²) in [6, 6.07) is -0.365. The van der Waals surface area contributed by atoms with Crippen LogP contribution in [-0.2, 0) is 9.59 Å². The van der Waals surface area contributed by atoms with Gasteiger partial charge in [-0.1, -0.05) is 71.1 Å². The molecule has 1 heterocycles. The van der Waals surface area contributed by atoms with Gasteiger partial charge in [-0.05, 0) is 45.1 Å². The Kier molecular flexibility index (Phi) is 16.6. The van der Waals surface area contributed by atoms with Crippen LogP contribution >= 0.6 is 0 Å². The molecule has 2 amide bonds. The first-order valence-electron chi connectivity index (χ1n) is 13.1. The smallest absolute Gasteiger partial charge is 0.236 e. The minimum Gasteiger partial charge on any atom is -0.353 e. The van der Waals surface area contributed by atoms with Crippen LogP contribution in [0.1, 0.15) is 116 Å². The molecule has 0 aromatic rings. The Labute approximate surface area is 191 Å². The van der Waals surface area contributed by atoms with E-state index in [0.29, 0.717) is 25.9 Å². The van der Waals surface area contributed by atoms with Gasteiger partial charge in [0.25, 0.3) is 0 Å². The molecule has 0 aromatic carbocycles. The average Bonchev–Trinajstić information content (AvgIpc) is 2.78. The summed E-state index contributed by atoms with van der Waals surface area (Å²) in [6.45, 7) is 4.23. The van der Waals surface area contributed by atoms with Gasteiger partial charge in [-0.3, -0.25) is 9.59 Å². The second kappa shape index (κ2) is 18.4. The molecule has 5 N–H and O–H groups in total. The van der Waals surface area contributed by atoms with Crippen molar-refractivity contribution in [2.24, 2.45) is 11.5 Å². The lowest BCUT2D eigenvalue weighted by Crippen LogP contribution is -2.51. The molecular formula is C25H50N4O2. The number of hydrogen-bond acceptors (Lipinski definition) is 4. The molecular weight excluding hydrogens is 388 g/mol. The number of hydrogen-bond donors (Lipinski definition) is 3. The third-order valence-corrected chi connectivity index (χ3v) is 6.51.